The Morgan fingerprint density at radius 2 is 1.98 bits per heavy atom. The number of nitrogens with zero attached hydrogens (tertiary/aromatic N) is 3. The standard InChI is InChI=1S/C29H27Cl2FN4O4/c1-14(2)12-36-23-13-40-28(17-8-6-15(29(37)38)10-21(17)33)34-26(23)24(19-4-3-5-20(31)25(19)32)27(36)18-9-7-16(30)11-22(18)35-39/h3-11,14,23-24,26-27H,12-13,33H2,1-2H3,(H,37,38)/t23-,24?,26+,27?/m1/s1. The molecule has 2 unspecified atom stereocenters. The molecule has 3 aromatic carbocycles. The molecule has 3 N–H and O–H groups in total. The number of carbonyl (C=O) groups is 1. The highest BCUT2D eigenvalue weighted by molar-refractivity contribution is 6.31. The van der Waals surface area contributed by atoms with E-state index in [0.717, 1.165) is 0 Å². The van der Waals surface area contributed by atoms with Gasteiger partial charge in [0.25, 0.3) is 0 Å². The molecule has 0 aliphatic carbocycles. The monoisotopic (exact) mass is 584 g/mol. The quantitative estimate of drug-likeness (QED) is 0.232. The first-order chi connectivity index (χ1) is 19.1. The Balaban J connectivity index is 1.72. The van der Waals surface area contributed by atoms with E-state index < -0.39 is 29.8 Å². The van der Waals surface area contributed by atoms with Gasteiger partial charge in [0.15, 0.2) is 0 Å². The molecule has 2 heterocycles. The van der Waals surface area contributed by atoms with Crippen LogP contribution in [-0.4, -0.2) is 47.1 Å². The second kappa shape index (κ2) is 11.2. The van der Waals surface area contributed by atoms with Crippen LogP contribution in [-0.2, 0) is 4.74 Å². The Kier molecular flexibility index (Phi) is 7.81. The summed E-state index contributed by atoms with van der Waals surface area (Å²) in [6.45, 7) is 4.96. The number of carboxylic acids is 1. The normalized spacial score (nSPS) is 22.5. The first kappa shape index (κ1) is 28.0. The van der Waals surface area contributed by atoms with Crippen molar-refractivity contribution >= 4 is 46.4 Å². The summed E-state index contributed by atoms with van der Waals surface area (Å²) < 4.78 is 21.9. The highest BCUT2D eigenvalue weighted by Crippen LogP contribution is 2.53. The predicted octanol–water partition coefficient (Wildman–Crippen LogP) is 6.82. The van der Waals surface area contributed by atoms with Crippen LogP contribution in [0.4, 0.5) is 15.8 Å². The largest absolute Gasteiger partial charge is 0.478 e. The number of hydrogen-bond donors (Lipinski definition) is 2. The van der Waals surface area contributed by atoms with E-state index in [1.54, 1.807) is 30.3 Å². The van der Waals surface area contributed by atoms with Crippen LogP contribution in [0.5, 0.6) is 0 Å². The zero-order valence-corrected chi connectivity index (χ0v) is 23.2. The Morgan fingerprint density at radius 1 is 1.20 bits per heavy atom. The SMILES string of the molecule is CC(C)CN1C(c2ccc(Cl)cc2N=O)C(c2cccc(Cl)c2F)[C@H]2N=C(c3ccc(C(=O)O)cc3N)OC[C@H]21. The lowest BCUT2D eigenvalue weighted by atomic mass is 9.83. The first-order valence-electron chi connectivity index (χ1n) is 12.8. The van der Waals surface area contributed by atoms with E-state index >= 15 is 4.39 Å². The third-order valence-corrected chi connectivity index (χ3v) is 7.92. The van der Waals surface area contributed by atoms with Crippen LogP contribution in [0, 0.1) is 16.6 Å². The Bertz CT molecular complexity index is 1520. The number of nitrogen functional groups attached to an aromatic ring is 1. The fourth-order valence-electron chi connectivity index (χ4n) is 5.79. The van der Waals surface area contributed by atoms with Gasteiger partial charge in [-0.3, -0.25) is 4.90 Å². The van der Waals surface area contributed by atoms with E-state index in [0.29, 0.717) is 28.3 Å². The number of fused-ring (bicyclic) bond motifs is 1. The fraction of sp³-hybridized carbons (Fsp3) is 0.310. The molecule has 2 aliphatic rings. The number of aromatic carboxylic acids is 1. The number of rotatable bonds is 7. The summed E-state index contributed by atoms with van der Waals surface area (Å²) in [4.78, 5) is 30.5. The van der Waals surface area contributed by atoms with Crippen LogP contribution in [0.1, 0.15) is 52.9 Å². The number of anilines is 1. The summed E-state index contributed by atoms with van der Waals surface area (Å²) in [6.07, 6.45) is 0. The fourth-order valence-corrected chi connectivity index (χ4v) is 6.14. The van der Waals surface area contributed by atoms with Gasteiger partial charge in [0.05, 0.1) is 28.2 Å². The first-order valence-corrected chi connectivity index (χ1v) is 13.5. The zero-order valence-electron chi connectivity index (χ0n) is 21.7. The van der Waals surface area contributed by atoms with E-state index in [9.17, 15) is 14.8 Å². The maximum absolute atomic E-state index is 15.7. The minimum atomic E-state index is -1.10. The predicted molar refractivity (Wildman–Crippen MR) is 153 cm³/mol. The molecule has 8 nitrogen and oxygen atoms in total. The van der Waals surface area contributed by atoms with Crippen LogP contribution in [0.15, 0.2) is 64.8 Å². The summed E-state index contributed by atoms with van der Waals surface area (Å²) >= 11 is 12.4. The molecule has 0 aromatic heterocycles. The van der Waals surface area contributed by atoms with E-state index in [1.165, 1.54) is 24.3 Å². The van der Waals surface area contributed by atoms with Gasteiger partial charge < -0.3 is 15.6 Å². The van der Waals surface area contributed by atoms with Crippen LogP contribution in [0.2, 0.25) is 10.0 Å². The maximum Gasteiger partial charge on any atom is 0.335 e. The summed E-state index contributed by atoms with van der Waals surface area (Å²) in [6, 6.07) is 12.8. The molecule has 0 radical (unpaired) electrons. The van der Waals surface area contributed by atoms with E-state index in [4.69, 9.17) is 38.7 Å². The van der Waals surface area contributed by atoms with Gasteiger partial charge in [0.1, 0.15) is 18.1 Å². The third-order valence-electron chi connectivity index (χ3n) is 7.40. The molecule has 208 valence electrons. The van der Waals surface area contributed by atoms with Crippen molar-refractivity contribution in [3.8, 4) is 0 Å². The van der Waals surface area contributed by atoms with Crippen molar-refractivity contribution < 1.29 is 19.0 Å². The molecule has 0 amide bonds. The van der Waals surface area contributed by atoms with Gasteiger partial charge in [-0.15, -0.1) is 4.91 Å². The van der Waals surface area contributed by atoms with Gasteiger partial charge in [-0.25, -0.2) is 14.2 Å². The highest BCUT2D eigenvalue weighted by atomic mass is 35.5. The van der Waals surface area contributed by atoms with Gasteiger partial charge in [-0.05, 0) is 58.6 Å². The molecular weight excluding hydrogens is 558 g/mol. The highest BCUT2D eigenvalue weighted by Gasteiger charge is 2.53. The van der Waals surface area contributed by atoms with Crippen molar-refractivity contribution in [2.45, 2.75) is 37.9 Å². The minimum absolute atomic E-state index is 0.0234. The second-order valence-corrected chi connectivity index (χ2v) is 11.3. The van der Waals surface area contributed by atoms with Crippen LogP contribution < -0.4 is 5.73 Å². The number of nitroso groups, excluding NO2 is 1. The second-order valence-electron chi connectivity index (χ2n) is 10.4. The topological polar surface area (TPSA) is 118 Å². The molecule has 2 aliphatic heterocycles. The Hall–Kier alpha value is -3.53. The van der Waals surface area contributed by atoms with Crippen molar-refractivity contribution in [3.63, 3.8) is 0 Å². The maximum atomic E-state index is 15.7. The molecular formula is C29H27Cl2FN4O4. The number of hydrogen-bond acceptors (Lipinski definition) is 7. The number of nitrogens with two attached hydrogens (primary N) is 1. The van der Waals surface area contributed by atoms with Crippen LogP contribution >= 0.6 is 23.2 Å². The van der Waals surface area contributed by atoms with Crippen molar-refractivity contribution in [3.05, 3.63) is 97.6 Å². The van der Waals surface area contributed by atoms with Crippen LogP contribution in [0.3, 0.4) is 0 Å². The van der Waals surface area contributed by atoms with Crippen molar-refractivity contribution in [2.75, 3.05) is 18.9 Å². The average Bonchev–Trinajstić information content (AvgIpc) is 3.22. The average molecular weight is 585 g/mol. The number of carboxylic acid groups (broad SMARTS) is 1. The number of likely N-dealkylation sites (tertiary alicyclic amines) is 1. The number of aliphatic imine (C=N–C) groups is 1. The Morgan fingerprint density at radius 3 is 2.65 bits per heavy atom. The summed E-state index contributed by atoms with van der Waals surface area (Å²) in [5.74, 6) is -1.80. The van der Waals surface area contributed by atoms with Crippen molar-refractivity contribution in [1.29, 1.82) is 0 Å². The molecule has 3 aromatic rings. The Labute approximate surface area is 240 Å². The molecule has 0 saturated carbocycles. The summed E-state index contributed by atoms with van der Waals surface area (Å²) in [7, 11) is 0. The lowest BCUT2D eigenvalue weighted by Gasteiger charge is -2.34. The zero-order chi connectivity index (χ0) is 28.7. The molecule has 40 heavy (non-hydrogen) atoms. The molecule has 0 spiro atoms. The van der Waals surface area contributed by atoms with Gasteiger partial charge in [0.2, 0.25) is 5.90 Å². The number of ether oxygens (including phenoxy) is 1. The third kappa shape index (κ3) is 5.05. The number of benzene rings is 3. The van der Waals surface area contributed by atoms with Crippen molar-refractivity contribution in [1.82, 2.24) is 4.90 Å². The van der Waals surface area contributed by atoms with E-state index in [1.807, 2.05) is 0 Å². The van der Waals surface area contributed by atoms with Gasteiger partial charge >= 0.3 is 5.97 Å². The number of halogens is 3. The molecule has 1 fully saturated rings. The molecule has 11 heteroatoms. The van der Waals surface area contributed by atoms with E-state index in [2.05, 4.69) is 23.9 Å². The molecule has 4 atom stereocenters. The van der Waals surface area contributed by atoms with Gasteiger partial charge in [-0.1, -0.05) is 55.2 Å². The van der Waals surface area contributed by atoms with Gasteiger partial charge in [-0.2, -0.15) is 0 Å². The summed E-state index contributed by atoms with van der Waals surface area (Å²) in [5.41, 5.74) is 7.99. The minimum Gasteiger partial charge on any atom is -0.478 e. The van der Waals surface area contributed by atoms with Gasteiger partial charge in [0, 0.05) is 29.2 Å². The molecule has 1 saturated heterocycles. The lowest BCUT2D eigenvalue weighted by Crippen LogP contribution is -2.44. The summed E-state index contributed by atoms with van der Waals surface area (Å²) in [5, 5.41) is 12.9. The molecule has 0 bridgehead atoms. The van der Waals surface area contributed by atoms with Crippen molar-refractivity contribution in [2.24, 2.45) is 16.1 Å². The van der Waals surface area contributed by atoms with E-state index in [-0.39, 0.29) is 46.4 Å². The lowest BCUT2D eigenvalue weighted by molar-refractivity contribution is 0.0697. The smallest absolute Gasteiger partial charge is 0.335 e. The van der Waals surface area contributed by atoms with Crippen LogP contribution in [0.25, 0.3) is 0 Å². The molecule has 5 rings (SSSR count).